The minimum absolute atomic E-state index is 0.549. The quantitative estimate of drug-likeness (QED) is 0.717. The van der Waals surface area contributed by atoms with E-state index in [1.807, 2.05) is 0 Å². The van der Waals surface area contributed by atoms with Crippen molar-refractivity contribution in [2.24, 2.45) is 11.8 Å². The van der Waals surface area contributed by atoms with E-state index in [0.717, 1.165) is 24.1 Å². The maximum Gasteiger partial charge on any atom is 0.230 e. The average Bonchev–Trinajstić information content (AvgIpc) is 2.60. The van der Waals surface area contributed by atoms with Gasteiger partial charge in [-0.2, -0.15) is 4.98 Å². The third-order valence-corrected chi connectivity index (χ3v) is 2.50. The highest BCUT2D eigenvalue weighted by atomic mass is 16.5. The molecule has 2 atom stereocenters. The van der Waals surface area contributed by atoms with Gasteiger partial charge < -0.3 is 4.52 Å². The third kappa shape index (κ3) is 1.90. The number of aromatic nitrogens is 2. The van der Waals surface area contributed by atoms with Crippen molar-refractivity contribution in [3.8, 4) is 0 Å². The molecule has 0 aliphatic heterocycles. The first-order valence-corrected chi connectivity index (χ1v) is 4.99. The van der Waals surface area contributed by atoms with Crippen molar-refractivity contribution in [1.82, 2.24) is 10.1 Å². The third-order valence-electron chi connectivity index (χ3n) is 2.50. The zero-order chi connectivity index (χ0) is 9.42. The summed E-state index contributed by atoms with van der Waals surface area (Å²) in [7, 11) is 0. The van der Waals surface area contributed by atoms with Gasteiger partial charge in [0.25, 0.3) is 0 Å². The lowest BCUT2D eigenvalue weighted by atomic mass is 10.1. The predicted octanol–water partition coefficient (Wildman–Crippen LogP) is 2.39. The highest BCUT2D eigenvalue weighted by Crippen LogP contribution is 2.45. The van der Waals surface area contributed by atoms with Crippen LogP contribution in [0.3, 0.4) is 0 Å². The molecule has 3 nitrogen and oxygen atoms in total. The molecular weight excluding hydrogens is 164 g/mol. The molecule has 0 unspecified atom stereocenters. The van der Waals surface area contributed by atoms with E-state index in [1.165, 1.54) is 6.42 Å². The first-order valence-electron chi connectivity index (χ1n) is 4.99. The molecule has 0 spiro atoms. The van der Waals surface area contributed by atoms with E-state index in [9.17, 15) is 0 Å². The van der Waals surface area contributed by atoms with Crippen molar-refractivity contribution in [3.05, 3.63) is 11.7 Å². The molecule has 1 aromatic heterocycles. The molecule has 0 amide bonds. The zero-order valence-electron chi connectivity index (χ0n) is 8.45. The van der Waals surface area contributed by atoms with Crippen LogP contribution in [0.2, 0.25) is 0 Å². The minimum Gasteiger partial charge on any atom is -0.339 e. The molecule has 0 radical (unpaired) electrons. The summed E-state index contributed by atoms with van der Waals surface area (Å²) in [6.45, 7) is 6.54. The Morgan fingerprint density at radius 2 is 2.23 bits per heavy atom. The topological polar surface area (TPSA) is 38.9 Å². The van der Waals surface area contributed by atoms with E-state index in [1.54, 1.807) is 0 Å². The fourth-order valence-corrected chi connectivity index (χ4v) is 1.53. The average molecular weight is 180 g/mol. The lowest BCUT2D eigenvalue weighted by molar-refractivity contribution is 0.369. The summed E-state index contributed by atoms with van der Waals surface area (Å²) in [5, 5.41) is 3.97. The van der Waals surface area contributed by atoms with Crippen LogP contribution in [0.5, 0.6) is 0 Å². The monoisotopic (exact) mass is 180 g/mol. The fourth-order valence-electron chi connectivity index (χ4n) is 1.53. The van der Waals surface area contributed by atoms with Gasteiger partial charge in [-0.1, -0.05) is 25.9 Å². The van der Waals surface area contributed by atoms with Gasteiger partial charge in [-0.25, -0.2) is 0 Å². The van der Waals surface area contributed by atoms with Crippen molar-refractivity contribution >= 4 is 0 Å². The summed E-state index contributed by atoms with van der Waals surface area (Å²) in [6.07, 6.45) is 2.13. The molecule has 2 rings (SSSR count). The predicted molar refractivity (Wildman–Crippen MR) is 49.4 cm³/mol. The molecule has 0 aromatic carbocycles. The van der Waals surface area contributed by atoms with Gasteiger partial charge in [0.2, 0.25) is 5.89 Å². The largest absolute Gasteiger partial charge is 0.339 e. The Bertz CT molecular complexity index is 293. The summed E-state index contributed by atoms with van der Waals surface area (Å²) < 4.78 is 5.20. The molecule has 0 bridgehead atoms. The van der Waals surface area contributed by atoms with Gasteiger partial charge in [0.05, 0.1) is 0 Å². The van der Waals surface area contributed by atoms with Crippen molar-refractivity contribution in [2.75, 3.05) is 0 Å². The van der Waals surface area contributed by atoms with Gasteiger partial charge in [0.15, 0.2) is 5.82 Å². The lowest BCUT2D eigenvalue weighted by Crippen LogP contribution is -1.96. The fraction of sp³-hybridized carbons (Fsp3) is 0.800. The molecule has 0 saturated heterocycles. The zero-order valence-corrected chi connectivity index (χ0v) is 8.45. The summed E-state index contributed by atoms with van der Waals surface area (Å²) in [6, 6.07) is 0. The van der Waals surface area contributed by atoms with E-state index in [0.29, 0.717) is 11.8 Å². The molecule has 72 valence electrons. The molecule has 1 aliphatic carbocycles. The standard InChI is InChI=1S/C10H16N2O/c1-6(2)4-9-11-10(13-12-9)8-5-7(8)3/h6-8H,4-5H2,1-3H3/t7-,8-/m0/s1. The maximum atomic E-state index is 5.20. The van der Waals surface area contributed by atoms with E-state index in [4.69, 9.17) is 4.52 Å². The highest BCUT2D eigenvalue weighted by Gasteiger charge is 2.38. The summed E-state index contributed by atoms with van der Waals surface area (Å²) in [4.78, 5) is 4.39. The Labute approximate surface area is 78.5 Å². The Kier molecular flexibility index (Phi) is 2.10. The molecular formula is C10H16N2O. The van der Waals surface area contributed by atoms with Gasteiger partial charge >= 0.3 is 0 Å². The smallest absolute Gasteiger partial charge is 0.230 e. The van der Waals surface area contributed by atoms with Crippen molar-refractivity contribution in [2.45, 2.75) is 39.5 Å². The van der Waals surface area contributed by atoms with Crippen LogP contribution in [0.4, 0.5) is 0 Å². The molecule has 1 heterocycles. The van der Waals surface area contributed by atoms with Crippen molar-refractivity contribution in [3.63, 3.8) is 0 Å². The molecule has 1 aromatic rings. The Morgan fingerprint density at radius 3 is 2.77 bits per heavy atom. The van der Waals surface area contributed by atoms with Gasteiger partial charge in [0, 0.05) is 12.3 Å². The van der Waals surface area contributed by atoms with Crippen molar-refractivity contribution in [1.29, 1.82) is 0 Å². The van der Waals surface area contributed by atoms with E-state index in [-0.39, 0.29) is 0 Å². The summed E-state index contributed by atoms with van der Waals surface area (Å²) in [5.41, 5.74) is 0. The van der Waals surface area contributed by atoms with E-state index >= 15 is 0 Å². The molecule has 3 heteroatoms. The number of hydrogen-bond acceptors (Lipinski definition) is 3. The molecule has 1 saturated carbocycles. The second-order valence-electron chi connectivity index (χ2n) is 4.47. The Hall–Kier alpha value is -0.860. The SMILES string of the molecule is CC(C)Cc1noc([C@H]2C[C@@H]2C)n1. The van der Waals surface area contributed by atoms with E-state index < -0.39 is 0 Å². The molecule has 13 heavy (non-hydrogen) atoms. The maximum absolute atomic E-state index is 5.20. The molecule has 1 fully saturated rings. The molecule has 0 N–H and O–H groups in total. The molecule has 1 aliphatic rings. The van der Waals surface area contributed by atoms with Crippen LogP contribution >= 0.6 is 0 Å². The van der Waals surface area contributed by atoms with Crippen LogP contribution in [-0.4, -0.2) is 10.1 Å². The van der Waals surface area contributed by atoms with Crippen LogP contribution < -0.4 is 0 Å². The Morgan fingerprint density at radius 1 is 1.54 bits per heavy atom. The van der Waals surface area contributed by atoms with Crippen LogP contribution in [0.25, 0.3) is 0 Å². The van der Waals surface area contributed by atoms with Gasteiger partial charge in [-0.05, 0) is 18.3 Å². The minimum atomic E-state index is 0.549. The second-order valence-corrected chi connectivity index (χ2v) is 4.47. The second kappa shape index (κ2) is 3.13. The van der Waals surface area contributed by atoms with Crippen LogP contribution in [0.15, 0.2) is 4.52 Å². The first-order chi connectivity index (χ1) is 6.16. The van der Waals surface area contributed by atoms with Crippen LogP contribution in [-0.2, 0) is 6.42 Å². The summed E-state index contributed by atoms with van der Waals surface area (Å²) in [5.74, 6) is 3.61. The Balaban J connectivity index is 2.01. The first kappa shape index (κ1) is 8.73. The van der Waals surface area contributed by atoms with Crippen LogP contribution in [0.1, 0.15) is 44.8 Å². The van der Waals surface area contributed by atoms with Gasteiger partial charge in [-0.3, -0.25) is 0 Å². The number of nitrogens with zero attached hydrogens (tertiary/aromatic N) is 2. The number of hydrogen-bond donors (Lipinski definition) is 0. The highest BCUT2D eigenvalue weighted by molar-refractivity contribution is 5.06. The van der Waals surface area contributed by atoms with Crippen molar-refractivity contribution < 1.29 is 4.52 Å². The van der Waals surface area contributed by atoms with E-state index in [2.05, 4.69) is 30.9 Å². The summed E-state index contributed by atoms with van der Waals surface area (Å²) >= 11 is 0. The van der Waals surface area contributed by atoms with Crippen LogP contribution in [0, 0.1) is 11.8 Å². The number of rotatable bonds is 3. The normalized spacial score (nSPS) is 26.8. The lowest BCUT2D eigenvalue weighted by Gasteiger charge is -1.95. The van der Waals surface area contributed by atoms with Gasteiger partial charge in [-0.15, -0.1) is 0 Å². The van der Waals surface area contributed by atoms with Gasteiger partial charge in [0.1, 0.15) is 0 Å².